The number of aliphatic carboxylic acids is 1. The fraction of sp³-hybridized carbons (Fsp3) is 0.115. The quantitative estimate of drug-likeness (QED) is 0.183. The van der Waals surface area contributed by atoms with Gasteiger partial charge < -0.3 is 19.4 Å². The summed E-state index contributed by atoms with van der Waals surface area (Å²) < 4.78 is 12.3. The zero-order valence-electron chi connectivity index (χ0n) is 19.7. The molecule has 1 amide bonds. The molecule has 0 saturated carbocycles. The van der Waals surface area contributed by atoms with Gasteiger partial charge in [-0.15, -0.1) is 10.2 Å². The monoisotopic (exact) mass is 516 g/mol. The summed E-state index contributed by atoms with van der Waals surface area (Å²) in [5.74, 6) is 0.00495. The van der Waals surface area contributed by atoms with Crippen LogP contribution in [0.5, 0.6) is 11.5 Å². The highest BCUT2D eigenvalue weighted by Crippen LogP contribution is 2.29. The number of aromatic nitrogens is 3. The Labute approximate surface area is 217 Å². The van der Waals surface area contributed by atoms with Crippen molar-refractivity contribution >= 4 is 29.9 Å². The third-order valence-corrected chi connectivity index (χ3v) is 5.91. The Balaban J connectivity index is 1.45. The van der Waals surface area contributed by atoms with Gasteiger partial charge in [0.25, 0.3) is 5.91 Å². The van der Waals surface area contributed by atoms with Gasteiger partial charge in [-0.2, -0.15) is 5.10 Å². The molecular weight excluding hydrogens is 494 g/mol. The molecule has 1 heterocycles. The Morgan fingerprint density at radius 1 is 1.03 bits per heavy atom. The SMILES string of the molecule is COc1ccc(-c2nnc(SCC(=O)NN=Cc3ccccc3OCC(=O)[O-])n2-c2ccccc2)cc1. The van der Waals surface area contributed by atoms with Gasteiger partial charge in [-0.1, -0.05) is 42.1 Å². The van der Waals surface area contributed by atoms with Crippen LogP contribution in [-0.2, 0) is 9.59 Å². The lowest BCUT2D eigenvalue weighted by Gasteiger charge is -2.10. The molecular formula is C26H22N5O5S-. The van der Waals surface area contributed by atoms with Crippen molar-refractivity contribution in [3.05, 3.63) is 84.4 Å². The van der Waals surface area contributed by atoms with Crippen LogP contribution in [0.2, 0.25) is 0 Å². The van der Waals surface area contributed by atoms with Gasteiger partial charge >= 0.3 is 0 Å². The second kappa shape index (κ2) is 12.4. The van der Waals surface area contributed by atoms with Gasteiger partial charge in [-0.05, 0) is 48.5 Å². The average molecular weight is 517 g/mol. The van der Waals surface area contributed by atoms with E-state index in [1.54, 1.807) is 31.4 Å². The molecule has 11 heteroatoms. The molecule has 37 heavy (non-hydrogen) atoms. The molecule has 1 aromatic heterocycles. The number of hydrogen-bond donors (Lipinski definition) is 1. The third-order valence-electron chi connectivity index (χ3n) is 4.99. The van der Waals surface area contributed by atoms with Crippen molar-refractivity contribution in [1.82, 2.24) is 20.2 Å². The van der Waals surface area contributed by atoms with Crippen LogP contribution in [0.15, 0.2) is 89.1 Å². The summed E-state index contributed by atoms with van der Waals surface area (Å²) >= 11 is 1.22. The number of nitrogens with zero attached hydrogens (tertiary/aromatic N) is 4. The molecule has 0 aliphatic carbocycles. The number of carboxylic acid groups (broad SMARTS) is 1. The van der Waals surface area contributed by atoms with E-state index >= 15 is 0 Å². The normalized spacial score (nSPS) is 10.8. The van der Waals surface area contributed by atoms with E-state index in [4.69, 9.17) is 9.47 Å². The lowest BCUT2D eigenvalue weighted by molar-refractivity contribution is -0.307. The minimum Gasteiger partial charge on any atom is -0.546 e. The highest BCUT2D eigenvalue weighted by molar-refractivity contribution is 7.99. The third kappa shape index (κ3) is 6.73. The van der Waals surface area contributed by atoms with Crippen LogP contribution in [-0.4, -0.2) is 52.3 Å². The molecule has 0 aliphatic heterocycles. The molecule has 0 radical (unpaired) electrons. The van der Waals surface area contributed by atoms with E-state index < -0.39 is 12.6 Å². The summed E-state index contributed by atoms with van der Waals surface area (Å²) in [6, 6.07) is 23.8. The molecule has 1 N–H and O–H groups in total. The number of rotatable bonds is 11. The van der Waals surface area contributed by atoms with Crippen LogP contribution in [0.4, 0.5) is 0 Å². The summed E-state index contributed by atoms with van der Waals surface area (Å²) in [5.41, 5.74) is 4.66. The summed E-state index contributed by atoms with van der Waals surface area (Å²) in [6.45, 7) is -0.589. The molecule has 188 valence electrons. The van der Waals surface area contributed by atoms with Crippen molar-refractivity contribution in [2.24, 2.45) is 5.10 Å². The molecule has 0 aliphatic rings. The van der Waals surface area contributed by atoms with Gasteiger partial charge in [0.05, 0.1) is 25.0 Å². The fourth-order valence-corrected chi connectivity index (χ4v) is 4.04. The molecule has 4 rings (SSSR count). The van der Waals surface area contributed by atoms with Crippen molar-refractivity contribution < 1.29 is 24.2 Å². The molecule has 0 unspecified atom stereocenters. The van der Waals surface area contributed by atoms with Gasteiger partial charge in [-0.25, -0.2) is 5.43 Å². The number of hydrazone groups is 1. The smallest absolute Gasteiger partial charge is 0.250 e. The summed E-state index contributed by atoms with van der Waals surface area (Å²) in [6.07, 6.45) is 1.38. The number of carbonyl (C=O) groups is 2. The van der Waals surface area contributed by atoms with Gasteiger partial charge in [0.1, 0.15) is 18.1 Å². The largest absolute Gasteiger partial charge is 0.546 e. The van der Waals surface area contributed by atoms with Crippen LogP contribution >= 0.6 is 11.8 Å². The molecule has 10 nitrogen and oxygen atoms in total. The van der Waals surface area contributed by atoms with Gasteiger partial charge in [-0.3, -0.25) is 9.36 Å². The minimum atomic E-state index is -1.34. The number of ether oxygens (including phenoxy) is 2. The Kier molecular flexibility index (Phi) is 8.50. The molecule has 0 saturated heterocycles. The highest BCUT2D eigenvalue weighted by Gasteiger charge is 2.17. The fourth-order valence-electron chi connectivity index (χ4n) is 3.29. The zero-order chi connectivity index (χ0) is 26.0. The maximum absolute atomic E-state index is 12.5. The predicted octanol–water partition coefficient (Wildman–Crippen LogP) is 2.31. The molecule has 0 fully saturated rings. The van der Waals surface area contributed by atoms with E-state index in [-0.39, 0.29) is 11.7 Å². The molecule has 3 aromatic carbocycles. The first-order valence-corrected chi connectivity index (χ1v) is 12.1. The lowest BCUT2D eigenvalue weighted by Crippen LogP contribution is -2.29. The summed E-state index contributed by atoms with van der Waals surface area (Å²) in [5, 5.41) is 23.8. The van der Waals surface area contributed by atoms with Gasteiger partial charge in [0.15, 0.2) is 11.0 Å². The number of carboxylic acids is 1. The number of para-hydroxylation sites is 2. The van der Waals surface area contributed by atoms with E-state index in [0.29, 0.717) is 22.3 Å². The predicted molar refractivity (Wildman–Crippen MR) is 137 cm³/mol. The molecule has 4 aromatic rings. The lowest BCUT2D eigenvalue weighted by atomic mass is 10.2. The average Bonchev–Trinajstić information content (AvgIpc) is 3.36. The Morgan fingerprint density at radius 3 is 2.49 bits per heavy atom. The van der Waals surface area contributed by atoms with Crippen molar-refractivity contribution in [1.29, 1.82) is 0 Å². The van der Waals surface area contributed by atoms with E-state index in [1.165, 1.54) is 18.0 Å². The van der Waals surface area contributed by atoms with E-state index in [0.717, 1.165) is 17.0 Å². The van der Waals surface area contributed by atoms with Crippen LogP contribution in [0, 0.1) is 0 Å². The van der Waals surface area contributed by atoms with Gasteiger partial charge in [0.2, 0.25) is 0 Å². The Hall–Kier alpha value is -4.64. The van der Waals surface area contributed by atoms with Crippen molar-refractivity contribution in [3.63, 3.8) is 0 Å². The second-order valence-electron chi connectivity index (χ2n) is 7.49. The summed E-state index contributed by atoms with van der Waals surface area (Å²) in [7, 11) is 1.61. The van der Waals surface area contributed by atoms with Crippen LogP contribution < -0.4 is 20.0 Å². The van der Waals surface area contributed by atoms with Crippen LogP contribution in [0.25, 0.3) is 17.1 Å². The number of carbonyl (C=O) groups excluding carboxylic acids is 2. The molecule has 0 spiro atoms. The zero-order valence-corrected chi connectivity index (χ0v) is 20.6. The van der Waals surface area contributed by atoms with Crippen molar-refractivity contribution in [2.75, 3.05) is 19.5 Å². The summed E-state index contributed by atoms with van der Waals surface area (Å²) in [4.78, 5) is 23.1. The van der Waals surface area contributed by atoms with E-state index in [9.17, 15) is 14.7 Å². The first kappa shape index (κ1) is 25.5. The molecule has 0 bridgehead atoms. The number of methoxy groups -OCH3 is 1. The first-order chi connectivity index (χ1) is 18.0. The minimum absolute atomic E-state index is 0.0355. The Morgan fingerprint density at radius 2 is 1.76 bits per heavy atom. The topological polar surface area (TPSA) is 131 Å². The Bertz CT molecular complexity index is 1390. The standard InChI is InChI=1S/C26H23N5O5S/c1-35-21-13-11-18(12-14-21)25-29-30-26(31(25)20-8-3-2-4-9-20)37-17-23(32)28-27-15-19-7-5-6-10-22(19)36-16-24(33)34/h2-15H,16-17H2,1H3,(H,28,32)(H,33,34)/p-1. The number of amides is 1. The first-order valence-electron chi connectivity index (χ1n) is 11.1. The maximum atomic E-state index is 12.5. The van der Waals surface area contributed by atoms with Crippen molar-refractivity contribution in [2.45, 2.75) is 5.16 Å². The number of thioether (sulfide) groups is 1. The van der Waals surface area contributed by atoms with E-state index in [1.807, 2.05) is 59.2 Å². The van der Waals surface area contributed by atoms with Crippen LogP contribution in [0.3, 0.4) is 0 Å². The van der Waals surface area contributed by atoms with Gasteiger partial charge in [0, 0.05) is 16.8 Å². The van der Waals surface area contributed by atoms with Crippen LogP contribution in [0.1, 0.15) is 5.56 Å². The number of nitrogens with one attached hydrogen (secondary N) is 1. The van der Waals surface area contributed by atoms with Crippen molar-refractivity contribution in [3.8, 4) is 28.6 Å². The number of benzene rings is 3. The molecule has 0 atom stereocenters. The van der Waals surface area contributed by atoms with E-state index in [2.05, 4.69) is 20.7 Å². The number of hydrogen-bond acceptors (Lipinski definition) is 9. The maximum Gasteiger partial charge on any atom is 0.250 e. The highest BCUT2D eigenvalue weighted by atomic mass is 32.2. The second-order valence-corrected chi connectivity index (χ2v) is 8.43.